The first-order chi connectivity index (χ1) is 8.38. The number of ether oxygens (including phenoxy) is 1. The molecule has 0 heterocycles. The van der Waals surface area contributed by atoms with Gasteiger partial charge >= 0.3 is 5.97 Å². The first-order valence-corrected chi connectivity index (χ1v) is 5.44. The SMILES string of the molecule is CCOC(=O)C(Cl)Cc1c(F)c(F)cc(F)c1F. The Bertz CT molecular complexity index is 439. The van der Waals surface area contributed by atoms with Crippen LogP contribution in [-0.2, 0) is 16.0 Å². The zero-order valence-electron chi connectivity index (χ0n) is 9.28. The molecule has 7 heteroatoms. The molecule has 1 aromatic carbocycles. The molecule has 0 aliphatic heterocycles. The molecule has 0 aromatic heterocycles. The number of halogens is 5. The van der Waals surface area contributed by atoms with E-state index in [4.69, 9.17) is 11.6 Å². The van der Waals surface area contributed by atoms with Gasteiger partial charge in [-0.1, -0.05) is 0 Å². The Labute approximate surface area is 105 Å². The monoisotopic (exact) mass is 284 g/mol. The van der Waals surface area contributed by atoms with Gasteiger partial charge in [-0.25, -0.2) is 17.6 Å². The Morgan fingerprint density at radius 3 is 2.22 bits per heavy atom. The molecule has 1 atom stereocenters. The third-order valence-corrected chi connectivity index (χ3v) is 2.46. The highest BCUT2D eigenvalue weighted by Crippen LogP contribution is 2.22. The average molecular weight is 285 g/mol. The van der Waals surface area contributed by atoms with Gasteiger partial charge in [0.25, 0.3) is 0 Å². The van der Waals surface area contributed by atoms with Crippen LogP contribution < -0.4 is 0 Å². The number of benzene rings is 1. The number of hydrogen-bond acceptors (Lipinski definition) is 2. The van der Waals surface area contributed by atoms with Crippen LogP contribution in [0.3, 0.4) is 0 Å². The summed E-state index contributed by atoms with van der Waals surface area (Å²) < 4.78 is 56.8. The van der Waals surface area contributed by atoms with E-state index in [1.807, 2.05) is 0 Å². The Morgan fingerprint density at radius 2 is 1.78 bits per heavy atom. The van der Waals surface area contributed by atoms with Crippen molar-refractivity contribution in [2.45, 2.75) is 18.7 Å². The molecule has 0 spiro atoms. The van der Waals surface area contributed by atoms with Crippen LogP contribution >= 0.6 is 11.6 Å². The lowest BCUT2D eigenvalue weighted by Crippen LogP contribution is -2.22. The Kier molecular flexibility index (Phi) is 4.95. The van der Waals surface area contributed by atoms with Crippen molar-refractivity contribution >= 4 is 17.6 Å². The van der Waals surface area contributed by atoms with Crippen LogP contribution in [0.2, 0.25) is 0 Å². The zero-order valence-corrected chi connectivity index (χ0v) is 10.0. The maximum Gasteiger partial charge on any atom is 0.324 e. The van der Waals surface area contributed by atoms with Crippen molar-refractivity contribution in [1.82, 2.24) is 0 Å². The fraction of sp³-hybridized carbons (Fsp3) is 0.364. The predicted molar refractivity (Wildman–Crippen MR) is 56.3 cm³/mol. The van der Waals surface area contributed by atoms with Gasteiger partial charge in [-0.15, -0.1) is 11.6 Å². The summed E-state index contributed by atoms with van der Waals surface area (Å²) in [5.41, 5.74) is -0.916. The van der Waals surface area contributed by atoms with Crippen LogP contribution in [0.15, 0.2) is 6.07 Å². The van der Waals surface area contributed by atoms with Gasteiger partial charge in [-0.3, -0.25) is 4.79 Å². The van der Waals surface area contributed by atoms with Crippen molar-refractivity contribution in [2.75, 3.05) is 6.61 Å². The molecular formula is C11H9ClF4O2. The number of carbonyl (C=O) groups is 1. The molecular weight excluding hydrogens is 276 g/mol. The highest BCUT2D eigenvalue weighted by molar-refractivity contribution is 6.30. The van der Waals surface area contributed by atoms with Crippen molar-refractivity contribution < 1.29 is 27.1 Å². The minimum absolute atomic E-state index is 0.0323. The third-order valence-electron chi connectivity index (χ3n) is 2.13. The normalized spacial score (nSPS) is 12.3. The fourth-order valence-electron chi connectivity index (χ4n) is 1.30. The lowest BCUT2D eigenvalue weighted by atomic mass is 10.1. The molecule has 0 fully saturated rings. The first-order valence-electron chi connectivity index (χ1n) is 5.01. The van der Waals surface area contributed by atoms with Crippen molar-refractivity contribution in [1.29, 1.82) is 0 Å². The smallest absolute Gasteiger partial charge is 0.324 e. The molecule has 0 aliphatic carbocycles. The van der Waals surface area contributed by atoms with Gasteiger partial charge in [0.2, 0.25) is 0 Å². The maximum absolute atomic E-state index is 13.3. The fourth-order valence-corrected chi connectivity index (χ4v) is 1.51. The van der Waals surface area contributed by atoms with Crippen LogP contribution in [-0.4, -0.2) is 18.0 Å². The minimum atomic E-state index is -1.57. The summed E-state index contributed by atoms with van der Waals surface area (Å²) in [5.74, 6) is -7.14. The van der Waals surface area contributed by atoms with Gasteiger partial charge in [-0.05, 0) is 6.92 Å². The molecule has 0 bridgehead atoms. The molecule has 18 heavy (non-hydrogen) atoms. The molecule has 2 nitrogen and oxygen atoms in total. The van der Waals surface area contributed by atoms with Crippen molar-refractivity contribution in [2.24, 2.45) is 0 Å². The Morgan fingerprint density at radius 1 is 1.28 bits per heavy atom. The summed E-state index contributed by atoms with van der Waals surface area (Å²) in [6.45, 7) is 1.55. The van der Waals surface area contributed by atoms with E-state index < -0.39 is 46.6 Å². The molecule has 0 aliphatic rings. The second-order valence-corrected chi connectivity index (χ2v) is 3.90. The molecule has 100 valence electrons. The second kappa shape index (κ2) is 6.04. The molecule has 0 saturated heterocycles. The predicted octanol–water partition coefficient (Wildman–Crippen LogP) is 2.96. The lowest BCUT2D eigenvalue weighted by molar-refractivity contribution is -0.142. The van der Waals surface area contributed by atoms with Gasteiger partial charge in [0, 0.05) is 18.1 Å². The summed E-state index contributed by atoms with van der Waals surface area (Å²) >= 11 is 5.54. The standard InChI is InChI=1S/C11H9ClF4O2/c1-2-18-11(17)6(12)3-5-9(15)7(13)4-8(14)10(5)16/h4,6H,2-3H2,1H3. The van der Waals surface area contributed by atoms with E-state index in [0.29, 0.717) is 0 Å². The van der Waals surface area contributed by atoms with Crippen LogP contribution in [0.1, 0.15) is 12.5 Å². The molecule has 1 unspecified atom stereocenters. The van der Waals surface area contributed by atoms with Gasteiger partial charge in [0.15, 0.2) is 23.3 Å². The molecule has 0 N–H and O–H groups in total. The number of alkyl halides is 1. The van der Waals surface area contributed by atoms with Crippen molar-refractivity contribution in [3.63, 3.8) is 0 Å². The largest absolute Gasteiger partial charge is 0.465 e. The van der Waals surface area contributed by atoms with Crippen LogP contribution in [0, 0.1) is 23.3 Å². The highest BCUT2D eigenvalue weighted by Gasteiger charge is 2.25. The van der Waals surface area contributed by atoms with E-state index in [0.717, 1.165) is 0 Å². The molecule has 0 amide bonds. The van der Waals surface area contributed by atoms with E-state index in [1.54, 1.807) is 0 Å². The quantitative estimate of drug-likeness (QED) is 0.368. The van der Waals surface area contributed by atoms with Gasteiger partial charge < -0.3 is 4.74 Å². The molecule has 1 rings (SSSR count). The molecule has 0 radical (unpaired) electrons. The maximum atomic E-state index is 13.3. The number of hydrogen-bond donors (Lipinski definition) is 0. The van der Waals surface area contributed by atoms with E-state index in [2.05, 4.69) is 4.74 Å². The van der Waals surface area contributed by atoms with E-state index in [9.17, 15) is 22.4 Å². The van der Waals surface area contributed by atoms with Gasteiger partial charge in [0.05, 0.1) is 6.61 Å². The highest BCUT2D eigenvalue weighted by atomic mass is 35.5. The summed E-state index contributed by atoms with van der Waals surface area (Å²) in [5, 5.41) is -1.42. The van der Waals surface area contributed by atoms with E-state index >= 15 is 0 Å². The van der Waals surface area contributed by atoms with E-state index in [1.165, 1.54) is 6.92 Å². The van der Waals surface area contributed by atoms with Crippen LogP contribution in [0.4, 0.5) is 17.6 Å². The lowest BCUT2D eigenvalue weighted by Gasteiger charge is -2.11. The topological polar surface area (TPSA) is 26.3 Å². The second-order valence-electron chi connectivity index (χ2n) is 3.37. The van der Waals surface area contributed by atoms with Crippen LogP contribution in [0.25, 0.3) is 0 Å². The number of rotatable bonds is 4. The Hall–Kier alpha value is -1.30. The average Bonchev–Trinajstić information content (AvgIpc) is 2.32. The van der Waals surface area contributed by atoms with Gasteiger partial charge in [-0.2, -0.15) is 0 Å². The zero-order chi connectivity index (χ0) is 13.9. The third kappa shape index (κ3) is 3.13. The number of esters is 1. The summed E-state index contributed by atoms with van der Waals surface area (Å²) in [7, 11) is 0. The minimum Gasteiger partial charge on any atom is -0.465 e. The summed E-state index contributed by atoms with van der Waals surface area (Å²) in [6, 6.07) is 0.0851. The van der Waals surface area contributed by atoms with Gasteiger partial charge in [0.1, 0.15) is 5.38 Å². The first kappa shape index (κ1) is 14.8. The molecule has 0 saturated carbocycles. The molecule has 1 aromatic rings. The summed E-state index contributed by atoms with van der Waals surface area (Å²) in [6.07, 6.45) is -0.702. The number of carbonyl (C=O) groups excluding carboxylic acids is 1. The van der Waals surface area contributed by atoms with E-state index in [-0.39, 0.29) is 12.7 Å². The van der Waals surface area contributed by atoms with Crippen LogP contribution in [0.5, 0.6) is 0 Å². The van der Waals surface area contributed by atoms with Crippen molar-refractivity contribution in [3.8, 4) is 0 Å². The Balaban J connectivity index is 3.00. The van der Waals surface area contributed by atoms with Crippen molar-refractivity contribution in [3.05, 3.63) is 34.9 Å². The summed E-state index contributed by atoms with van der Waals surface area (Å²) in [4.78, 5) is 11.2.